The molecule has 168 valence electrons. The van der Waals surface area contributed by atoms with Crippen molar-refractivity contribution < 1.29 is 19.0 Å². The zero-order valence-electron chi connectivity index (χ0n) is 18.1. The highest BCUT2D eigenvalue weighted by Gasteiger charge is 2.16. The van der Waals surface area contributed by atoms with Crippen molar-refractivity contribution >= 4 is 17.2 Å². The molecular weight excluding hydrogens is 418 g/mol. The summed E-state index contributed by atoms with van der Waals surface area (Å²) in [4.78, 5) is 17.2. The van der Waals surface area contributed by atoms with Crippen LogP contribution in [0.25, 0.3) is 5.65 Å². The number of hydrogen-bond donors (Lipinski definition) is 1. The Hall–Kier alpha value is -3.84. The smallest absolute Gasteiger partial charge is 0.255 e. The van der Waals surface area contributed by atoms with E-state index in [-0.39, 0.29) is 12.0 Å². The molecule has 0 bridgehead atoms. The Labute approximate surface area is 191 Å². The van der Waals surface area contributed by atoms with Crippen LogP contribution in [-0.2, 0) is 11.3 Å². The third-order valence-electron chi connectivity index (χ3n) is 5.47. The van der Waals surface area contributed by atoms with Gasteiger partial charge in [-0.15, -0.1) is 0 Å². The van der Waals surface area contributed by atoms with E-state index in [0.717, 1.165) is 36.5 Å². The van der Waals surface area contributed by atoms with Crippen molar-refractivity contribution in [3.63, 3.8) is 0 Å². The lowest BCUT2D eigenvalue weighted by atomic mass is 10.2. The second-order valence-corrected chi connectivity index (χ2v) is 7.94. The third-order valence-corrected chi connectivity index (χ3v) is 5.47. The number of aromatic nitrogens is 2. The molecule has 5 rings (SSSR count). The van der Waals surface area contributed by atoms with E-state index in [1.165, 1.54) is 0 Å². The van der Waals surface area contributed by atoms with E-state index in [1.54, 1.807) is 30.3 Å². The van der Waals surface area contributed by atoms with Gasteiger partial charge in [-0.2, -0.15) is 0 Å². The first-order valence-electron chi connectivity index (χ1n) is 11.0. The van der Waals surface area contributed by atoms with E-state index in [4.69, 9.17) is 14.2 Å². The van der Waals surface area contributed by atoms with Crippen molar-refractivity contribution in [3.05, 3.63) is 90.4 Å². The van der Waals surface area contributed by atoms with Gasteiger partial charge in [0.15, 0.2) is 0 Å². The maximum atomic E-state index is 12.7. The number of hydrogen-bond acceptors (Lipinski definition) is 5. The van der Waals surface area contributed by atoms with E-state index in [9.17, 15) is 4.79 Å². The van der Waals surface area contributed by atoms with Crippen molar-refractivity contribution in [1.82, 2.24) is 9.38 Å². The first-order chi connectivity index (χ1) is 16.2. The molecule has 4 aromatic rings. The fourth-order valence-electron chi connectivity index (χ4n) is 3.75. The van der Waals surface area contributed by atoms with Crippen LogP contribution in [0.15, 0.2) is 79.1 Å². The number of imidazole rings is 1. The molecule has 1 saturated heterocycles. The summed E-state index contributed by atoms with van der Waals surface area (Å²) in [5.41, 5.74) is 2.92. The van der Waals surface area contributed by atoms with Crippen LogP contribution in [0.4, 0.5) is 5.69 Å². The summed E-state index contributed by atoms with van der Waals surface area (Å²) in [5, 5.41) is 2.92. The maximum Gasteiger partial charge on any atom is 0.255 e. The average molecular weight is 444 g/mol. The van der Waals surface area contributed by atoms with Crippen LogP contribution in [0.5, 0.6) is 11.5 Å². The molecule has 33 heavy (non-hydrogen) atoms. The van der Waals surface area contributed by atoms with E-state index >= 15 is 0 Å². The van der Waals surface area contributed by atoms with E-state index in [0.29, 0.717) is 30.2 Å². The number of carbonyl (C=O) groups excluding carboxylic acids is 1. The van der Waals surface area contributed by atoms with Crippen LogP contribution in [0.1, 0.15) is 28.9 Å². The average Bonchev–Trinajstić information content (AvgIpc) is 3.51. The Morgan fingerprint density at radius 1 is 1.06 bits per heavy atom. The Morgan fingerprint density at radius 2 is 1.97 bits per heavy atom. The molecule has 1 fully saturated rings. The first kappa shape index (κ1) is 21.0. The topological polar surface area (TPSA) is 74.1 Å². The van der Waals surface area contributed by atoms with E-state index in [1.807, 2.05) is 53.2 Å². The molecule has 0 radical (unpaired) electrons. The SMILES string of the molecule is O=C(Nc1cccc(OCc2cn3ccccc3n2)c1)c1ccc(OCC2CCCO2)cc1. The minimum atomic E-state index is -0.196. The highest BCUT2D eigenvalue weighted by atomic mass is 16.5. The van der Waals surface area contributed by atoms with Crippen molar-refractivity contribution in [2.45, 2.75) is 25.6 Å². The Kier molecular flexibility index (Phi) is 6.21. The van der Waals surface area contributed by atoms with Crippen molar-refractivity contribution in [2.24, 2.45) is 0 Å². The fraction of sp³-hybridized carbons (Fsp3) is 0.231. The van der Waals surface area contributed by atoms with Crippen LogP contribution in [0.3, 0.4) is 0 Å². The predicted octanol–water partition coefficient (Wildman–Crippen LogP) is 4.72. The molecule has 7 nitrogen and oxygen atoms in total. The number of pyridine rings is 1. The Balaban J connectivity index is 1.16. The number of nitrogens with one attached hydrogen (secondary N) is 1. The number of ether oxygens (including phenoxy) is 3. The lowest BCUT2D eigenvalue weighted by Crippen LogP contribution is -2.16. The Morgan fingerprint density at radius 3 is 2.79 bits per heavy atom. The van der Waals surface area contributed by atoms with Crippen LogP contribution in [-0.4, -0.2) is 34.6 Å². The zero-order chi connectivity index (χ0) is 22.5. The lowest BCUT2D eigenvalue weighted by molar-refractivity contribution is 0.0679. The number of rotatable bonds is 8. The summed E-state index contributed by atoms with van der Waals surface area (Å²) in [7, 11) is 0. The summed E-state index contributed by atoms with van der Waals surface area (Å²) >= 11 is 0. The molecule has 1 aliphatic rings. The predicted molar refractivity (Wildman–Crippen MR) is 125 cm³/mol. The van der Waals surface area contributed by atoms with E-state index < -0.39 is 0 Å². The van der Waals surface area contributed by atoms with Gasteiger partial charge in [0.1, 0.15) is 30.4 Å². The van der Waals surface area contributed by atoms with Gasteiger partial charge in [-0.25, -0.2) is 4.98 Å². The van der Waals surface area contributed by atoms with Gasteiger partial charge in [0.2, 0.25) is 0 Å². The first-order valence-corrected chi connectivity index (χ1v) is 11.0. The van der Waals surface area contributed by atoms with E-state index in [2.05, 4.69) is 10.3 Å². The van der Waals surface area contributed by atoms with Crippen LogP contribution < -0.4 is 14.8 Å². The van der Waals surface area contributed by atoms with Gasteiger partial charge >= 0.3 is 0 Å². The summed E-state index contributed by atoms with van der Waals surface area (Å²) in [6, 6.07) is 20.3. The molecule has 3 heterocycles. The van der Waals surface area contributed by atoms with Crippen LogP contribution in [0.2, 0.25) is 0 Å². The molecule has 0 saturated carbocycles. The highest BCUT2D eigenvalue weighted by Crippen LogP contribution is 2.21. The molecule has 1 aliphatic heterocycles. The summed E-state index contributed by atoms with van der Waals surface area (Å²) < 4.78 is 19.2. The van der Waals surface area contributed by atoms with Crippen molar-refractivity contribution in [3.8, 4) is 11.5 Å². The molecule has 1 amide bonds. The summed E-state index contributed by atoms with van der Waals surface area (Å²) in [6.07, 6.45) is 6.16. The van der Waals surface area contributed by atoms with Gasteiger partial charge in [-0.1, -0.05) is 12.1 Å². The summed E-state index contributed by atoms with van der Waals surface area (Å²) in [5.74, 6) is 1.19. The molecule has 1 atom stereocenters. The van der Waals surface area contributed by atoms with Gasteiger partial charge in [-0.05, 0) is 61.4 Å². The molecule has 1 unspecified atom stereocenters. The van der Waals surface area contributed by atoms with Gasteiger partial charge in [-0.3, -0.25) is 4.79 Å². The third kappa shape index (κ3) is 5.32. The lowest BCUT2D eigenvalue weighted by Gasteiger charge is -2.12. The molecular formula is C26H25N3O4. The second-order valence-electron chi connectivity index (χ2n) is 7.94. The quantitative estimate of drug-likeness (QED) is 0.426. The van der Waals surface area contributed by atoms with Crippen molar-refractivity contribution in [1.29, 1.82) is 0 Å². The number of fused-ring (bicyclic) bond motifs is 1. The number of amides is 1. The Bertz CT molecular complexity index is 1200. The van der Waals surface area contributed by atoms with Crippen LogP contribution >= 0.6 is 0 Å². The fourth-order valence-corrected chi connectivity index (χ4v) is 3.75. The van der Waals surface area contributed by atoms with Crippen LogP contribution in [0, 0.1) is 0 Å². The second kappa shape index (κ2) is 9.75. The standard InChI is InChI=1S/C26H25N3O4/c30-26(19-9-11-22(12-10-19)33-18-24-7-4-14-31-24)28-20-5-3-6-23(15-20)32-17-21-16-29-13-2-1-8-25(29)27-21/h1-3,5-6,8-13,15-16,24H,4,7,14,17-18H2,(H,28,30). The molecule has 2 aromatic carbocycles. The maximum absolute atomic E-state index is 12.7. The molecule has 0 aliphatic carbocycles. The minimum absolute atomic E-state index is 0.162. The molecule has 7 heteroatoms. The largest absolute Gasteiger partial charge is 0.491 e. The molecule has 2 aromatic heterocycles. The molecule has 0 spiro atoms. The number of carbonyl (C=O) groups is 1. The number of anilines is 1. The number of benzene rings is 2. The van der Waals surface area contributed by atoms with Gasteiger partial charge in [0.25, 0.3) is 5.91 Å². The highest BCUT2D eigenvalue weighted by molar-refractivity contribution is 6.04. The normalized spacial score (nSPS) is 15.5. The monoisotopic (exact) mass is 443 g/mol. The summed E-state index contributed by atoms with van der Waals surface area (Å²) in [6.45, 7) is 1.68. The van der Waals surface area contributed by atoms with Gasteiger partial charge in [0, 0.05) is 36.3 Å². The zero-order valence-corrected chi connectivity index (χ0v) is 18.1. The van der Waals surface area contributed by atoms with Gasteiger partial charge < -0.3 is 23.9 Å². The molecule has 1 N–H and O–H groups in total. The van der Waals surface area contributed by atoms with Crippen molar-refractivity contribution in [2.75, 3.05) is 18.5 Å². The minimum Gasteiger partial charge on any atom is -0.491 e. The number of nitrogens with zero attached hydrogens (tertiary/aromatic N) is 2. The van der Waals surface area contributed by atoms with Gasteiger partial charge in [0.05, 0.1) is 11.8 Å².